The normalized spacial score (nSPS) is 12.5. The molecule has 0 saturated heterocycles. The van der Waals surface area contributed by atoms with E-state index < -0.39 is 11.6 Å². The third-order valence-corrected chi connectivity index (χ3v) is 4.32. The fourth-order valence-electron chi connectivity index (χ4n) is 3.00. The van der Waals surface area contributed by atoms with E-state index in [1.165, 1.54) is 13.2 Å². The number of methoxy groups -OCH3 is 1. The summed E-state index contributed by atoms with van der Waals surface area (Å²) < 4.78 is 21.2. The maximum Gasteiger partial charge on any atom is 0.338 e. The highest BCUT2D eigenvalue weighted by Crippen LogP contribution is 2.27. The van der Waals surface area contributed by atoms with Crippen LogP contribution >= 0.6 is 0 Å². The summed E-state index contributed by atoms with van der Waals surface area (Å²) in [4.78, 5) is 24.1. The van der Waals surface area contributed by atoms with Crippen LogP contribution in [0.2, 0.25) is 0 Å². The number of hydrogen-bond donors (Lipinski definition) is 0. The Balaban J connectivity index is 1.57. The van der Waals surface area contributed by atoms with E-state index in [1.807, 2.05) is 0 Å². The van der Waals surface area contributed by atoms with Crippen LogP contribution in [0.25, 0.3) is 11.0 Å². The summed E-state index contributed by atoms with van der Waals surface area (Å²) in [5.74, 6) is 0.937. The second kappa shape index (κ2) is 6.55. The average Bonchev–Trinajstić information content (AvgIpc) is 3.12. The first-order valence-electron chi connectivity index (χ1n) is 8.17. The minimum atomic E-state index is -0.508. The molecule has 2 heterocycles. The number of benzene rings is 2. The van der Waals surface area contributed by atoms with E-state index in [-0.39, 0.29) is 6.61 Å². The molecule has 6 heteroatoms. The van der Waals surface area contributed by atoms with Gasteiger partial charge in [-0.05, 0) is 35.9 Å². The van der Waals surface area contributed by atoms with Gasteiger partial charge in [-0.15, -0.1) is 0 Å². The monoisotopic (exact) mass is 352 g/mol. The van der Waals surface area contributed by atoms with Gasteiger partial charge in [0.15, 0.2) is 0 Å². The molecule has 1 aliphatic heterocycles. The second-order valence-corrected chi connectivity index (χ2v) is 5.95. The Morgan fingerprint density at radius 2 is 2.04 bits per heavy atom. The molecule has 3 aromatic rings. The summed E-state index contributed by atoms with van der Waals surface area (Å²) in [6, 6.07) is 11.7. The molecule has 26 heavy (non-hydrogen) atoms. The topological polar surface area (TPSA) is 75.0 Å². The van der Waals surface area contributed by atoms with E-state index in [0.29, 0.717) is 34.5 Å². The van der Waals surface area contributed by atoms with Gasteiger partial charge in [-0.2, -0.15) is 0 Å². The molecule has 0 saturated carbocycles. The van der Waals surface area contributed by atoms with Crippen LogP contribution in [-0.2, 0) is 17.8 Å². The van der Waals surface area contributed by atoms with Gasteiger partial charge in [0.1, 0.15) is 23.7 Å². The Labute approximate surface area is 148 Å². The molecule has 0 radical (unpaired) electrons. The maximum atomic E-state index is 12.4. The van der Waals surface area contributed by atoms with Crippen molar-refractivity contribution >= 4 is 16.9 Å². The van der Waals surface area contributed by atoms with Crippen molar-refractivity contribution in [2.75, 3.05) is 13.7 Å². The molecule has 0 fully saturated rings. The van der Waals surface area contributed by atoms with Crippen LogP contribution in [0.4, 0.5) is 0 Å². The Morgan fingerprint density at radius 1 is 1.15 bits per heavy atom. The molecule has 6 nitrogen and oxygen atoms in total. The zero-order valence-electron chi connectivity index (χ0n) is 14.1. The molecule has 2 aromatic carbocycles. The summed E-state index contributed by atoms with van der Waals surface area (Å²) >= 11 is 0. The van der Waals surface area contributed by atoms with Crippen molar-refractivity contribution in [3.63, 3.8) is 0 Å². The smallest absolute Gasteiger partial charge is 0.338 e. The van der Waals surface area contributed by atoms with Crippen LogP contribution in [0, 0.1) is 0 Å². The van der Waals surface area contributed by atoms with Gasteiger partial charge in [-0.1, -0.05) is 0 Å². The summed E-state index contributed by atoms with van der Waals surface area (Å²) in [6.07, 6.45) is 0.780. The highest BCUT2D eigenvalue weighted by molar-refractivity contribution is 5.90. The maximum absolute atomic E-state index is 12.4. The molecule has 0 amide bonds. The summed E-state index contributed by atoms with van der Waals surface area (Å²) in [6.45, 7) is 0.601. The first-order valence-corrected chi connectivity index (χ1v) is 8.17. The van der Waals surface area contributed by atoms with E-state index in [0.717, 1.165) is 17.7 Å². The summed E-state index contributed by atoms with van der Waals surface area (Å²) in [5.41, 5.74) is 1.92. The van der Waals surface area contributed by atoms with Crippen LogP contribution in [0.3, 0.4) is 0 Å². The molecule has 4 rings (SSSR count). The van der Waals surface area contributed by atoms with Crippen molar-refractivity contribution in [3.8, 4) is 11.5 Å². The number of hydrogen-bond acceptors (Lipinski definition) is 6. The predicted molar refractivity (Wildman–Crippen MR) is 93.8 cm³/mol. The molecule has 0 N–H and O–H groups in total. The van der Waals surface area contributed by atoms with Crippen molar-refractivity contribution in [1.82, 2.24) is 0 Å². The fraction of sp³-hybridized carbons (Fsp3) is 0.200. The van der Waals surface area contributed by atoms with Crippen LogP contribution in [0.1, 0.15) is 21.5 Å². The van der Waals surface area contributed by atoms with E-state index in [2.05, 4.69) is 0 Å². The van der Waals surface area contributed by atoms with Gasteiger partial charge in [-0.3, -0.25) is 0 Å². The lowest BCUT2D eigenvalue weighted by atomic mass is 10.1. The standard InChI is InChI=1S/C20H16O6/c1-23-15-3-4-16-14(9-19(21)26-18(16)10-15)11-25-20(22)13-2-5-17-12(8-13)6-7-24-17/h2-5,8-10H,6-7,11H2,1H3. The highest BCUT2D eigenvalue weighted by atomic mass is 16.5. The van der Waals surface area contributed by atoms with E-state index >= 15 is 0 Å². The Morgan fingerprint density at radius 3 is 2.88 bits per heavy atom. The Kier molecular flexibility index (Phi) is 4.08. The molecular formula is C20H16O6. The van der Waals surface area contributed by atoms with Crippen LogP contribution in [-0.4, -0.2) is 19.7 Å². The molecule has 1 aromatic heterocycles. The molecule has 0 bridgehead atoms. The van der Waals surface area contributed by atoms with Gasteiger partial charge in [0.25, 0.3) is 0 Å². The number of esters is 1. The van der Waals surface area contributed by atoms with Gasteiger partial charge < -0.3 is 18.6 Å². The number of ether oxygens (including phenoxy) is 3. The summed E-state index contributed by atoms with van der Waals surface area (Å²) in [7, 11) is 1.53. The van der Waals surface area contributed by atoms with E-state index in [9.17, 15) is 9.59 Å². The minimum absolute atomic E-state index is 0.0269. The number of carbonyl (C=O) groups is 1. The van der Waals surface area contributed by atoms with Crippen molar-refractivity contribution in [1.29, 1.82) is 0 Å². The van der Waals surface area contributed by atoms with Crippen molar-refractivity contribution in [2.45, 2.75) is 13.0 Å². The summed E-state index contributed by atoms with van der Waals surface area (Å²) in [5, 5.41) is 0.695. The van der Waals surface area contributed by atoms with Crippen molar-refractivity contribution in [2.24, 2.45) is 0 Å². The van der Waals surface area contributed by atoms with Crippen LogP contribution < -0.4 is 15.1 Å². The largest absolute Gasteiger partial charge is 0.497 e. The van der Waals surface area contributed by atoms with Gasteiger partial charge in [0, 0.05) is 29.5 Å². The Hall–Kier alpha value is -3.28. The van der Waals surface area contributed by atoms with Crippen LogP contribution in [0.15, 0.2) is 51.7 Å². The SMILES string of the molecule is COc1ccc2c(COC(=O)c3ccc4c(c3)CCO4)cc(=O)oc2c1. The fourth-order valence-corrected chi connectivity index (χ4v) is 3.00. The zero-order valence-corrected chi connectivity index (χ0v) is 14.1. The third-order valence-electron chi connectivity index (χ3n) is 4.32. The average molecular weight is 352 g/mol. The minimum Gasteiger partial charge on any atom is -0.497 e. The number of fused-ring (bicyclic) bond motifs is 2. The highest BCUT2D eigenvalue weighted by Gasteiger charge is 2.16. The van der Waals surface area contributed by atoms with Gasteiger partial charge in [-0.25, -0.2) is 9.59 Å². The third kappa shape index (κ3) is 3.01. The first kappa shape index (κ1) is 16.2. The van der Waals surface area contributed by atoms with Gasteiger partial charge in [0.05, 0.1) is 19.3 Å². The first-order chi connectivity index (χ1) is 12.6. The second-order valence-electron chi connectivity index (χ2n) is 5.95. The molecule has 0 unspecified atom stereocenters. The number of carbonyl (C=O) groups excluding carboxylic acids is 1. The lowest BCUT2D eigenvalue weighted by Crippen LogP contribution is -2.08. The number of rotatable bonds is 4. The quantitative estimate of drug-likeness (QED) is 0.531. The van der Waals surface area contributed by atoms with Crippen molar-refractivity contribution < 1.29 is 23.4 Å². The van der Waals surface area contributed by atoms with Crippen molar-refractivity contribution in [3.05, 3.63) is 69.6 Å². The van der Waals surface area contributed by atoms with Gasteiger partial charge >= 0.3 is 11.6 Å². The predicted octanol–water partition coefficient (Wildman–Crippen LogP) is 3.09. The molecule has 132 valence electrons. The molecular weight excluding hydrogens is 336 g/mol. The Bertz CT molecular complexity index is 1050. The van der Waals surface area contributed by atoms with Crippen LogP contribution in [0.5, 0.6) is 11.5 Å². The van der Waals surface area contributed by atoms with E-state index in [1.54, 1.807) is 36.4 Å². The van der Waals surface area contributed by atoms with E-state index in [4.69, 9.17) is 18.6 Å². The zero-order chi connectivity index (χ0) is 18.1. The lowest BCUT2D eigenvalue weighted by Gasteiger charge is -2.09. The molecule has 0 atom stereocenters. The lowest BCUT2D eigenvalue weighted by molar-refractivity contribution is 0.0473. The molecule has 0 spiro atoms. The molecule has 1 aliphatic rings. The molecule has 0 aliphatic carbocycles. The van der Waals surface area contributed by atoms with Gasteiger partial charge in [0.2, 0.25) is 0 Å².